The van der Waals surface area contributed by atoms with E-state index in [4.69, 9.17) is 5.73 Å². The van der Waals surface area contributed by atoms with E-state index in [1.165, 1.54) is 12.1 Å². The van der Waals surface area contributed by atoms with Crippen molar-refractivity contribution >= 4 is 11.7 Å². The van der Waals surface area contributed by atoms with Crippen molar-refractivity contribution in [3.8, 4) is 0 Å². The molecule has 0 saturated carbocycles. The number of carbonyl (C=O) groups is 1. The average Bonchev–Trinajstić information content (AvgIpc) is 2.45. The summed E-state index contributed by atoms with van der Waals surface area (Å²) < 4.78 is 50.2. The highest BCUT2D eigenvalue weighted by atomic mass is 19.4. The number of alkyl halides is 3. The fourth-order valence-corrected chi connectivity index (χ4v) is 1.77. The summed E-state index contributed by atoms with van der Waals surface area (Å²) in [6, 6.07) is 5.87. The van der Waals surface area contributed by atoms with Crippen LogP contribution in [0.5, 0.6) is 0 Å². The molecule has 22 heavy (non-hydrogen) atoms. The molecule has 1 aromatic carbocycles. The van der Waals surface area contributed by atoms with E-state index in [2.05, 4.69) is 10.3 Å². The third-order valence-corrected chi connectivity index (χ3v) is 2.87. The Hall–Kier alpha value is -2.64. The second kappa shape index (κ2) is 6.00. The number of hydrogen-bond donors (Lipinski definition) is 2. The SMILES string of the molecule is NC(=O)[C@@H](Nc1ccc(C(F)(F)F)cn1)c1ccc(F)cc1. The zero-order valence-corrected chi connectivity index (χ0v) is 11.1. The quantitative estimate of drug-likeness (QED) is 0.853. The molecule has 2 aromatic rings. The van der Waals surface area contributed by atoms with E-state index in [0.717, 1.165) is 24.3 Å². The standard InChI is InChI=1S/C14H11F4N3O/c15-10-4-1-8(2-5-10)12(13(19)22)21-11-6-3-9(7-20-11)14(16,17)18/h1-7,12H,(H2,19,22)(H,20,21)/t12-/m0/s1. The molecule has 1 atom stereocenters. The number of nitrogens with two attached hydrogens (primary N) is 1. The molecule has 0 radical (unpaired) electrons. The second-order valence-electron chi connectivity index (χ2n) is 4.46. The molecule has 4 nitrogen and oxygen atoms in total. The third-order valence-electron chi connectivity index (χ3n) is 2.87. The number of aromatic nitrogens is 1. The summed E-state index contributed by atoms with van der Waals surface area (Å²) in [5, 5.41) is 2.62. The summed E-state index contributed by atoms with van der Waals surface area (Å²) >= 11 is 0. The van der Waals surface area contributed by atoms with Crippen LogP contribution >= 0.6 is 0 Å². The molecule has 0 aliphatic carbocycles. The van der Waals surface area contributed by atoms with Gasteiger partial charge < -0.3 is 11.1 Å². The van der Waals surface area contributed by atoms with Gasteiger partial charge in [-0.1, -0.05) is 12.1 Å². The Kier molecular flexibility index (Phi) is 4.30. The van der Waals surface area contributed by atoms with Crippen LogP contribution in [-0.2, 0) is 11.0 Å². The molecule has 0 spiro atoms. The molecule has 1 aromatic heterocycles. The molecular formula is C14H11F4N3O. The maximum atomic E-state index is 12.9. The summed E-state index contributed by atoms with van der Waals surface area (Å²) in [4.78, 5) is 15.1. The third kappa shape index (κ3) is 3.72. The number of amides is 1. The molecule has 8 heteroatoms. The lowest BCUT2D eigenvalue weighted by Crippen LogP contribution is -2.28. The molecule has 116 valence electrons. The molecule has 0 fully saturated rings. The van der Waals surface area contributed by atoms with Crippen LogP contribution in [-0.4, -0.2) is 10.9 Å². The van der Waals surface area contributed by atoms with Crippen LogP contribution in [0.4, 0.5) is 23.4 Å². The first-order valence-electron chi connectivity index (χ1n) is 6.12. The Morgan fingerprint density at radius 3 is 2.23 bits per heavy atom. The maximum absolute atomic E-state index is 12.9. The monoisotopic (exact) mass is 313 g/mol. The number of primary amides is 1. The molecule has 1 amide bonds. The van der Waals surface area contributed by atoms with Gasteiger partial charge in [0, 0.05) is 6.20 Å². The van der Waals surface area contributed by atoms with Gasteiger partial charge in [0.15, 0.2) is 0 Å². The molecular weight excluding hydrogens is 302 g/mol. The fourth-order valence-electron chi connectivity index (χ4n) is 1.77. The first kappa shape index (κ1) is 15.7. The first-order valence-corrected chi connectivity index (χ1v) is 6.12. The van der Waals surface area contributed by atoms with Crippen molar-refractivity contribution in [1.82, 2.24) is 4.98 Å². The highest BCUT2D eigenvalue weighted by Gasteiger charge is 2.30. The summed E-state index contributed by atoms with van der Waals surface area (Å²) in [5.74, 6) is -1.21. The lowest BCUT2D eigenvalue weighted by Gasteiger charge is -2.17. The number of carbonyl (C=O) groups excluding carboxylic acids is 1. The van der Waals surface area contributed by atoms with Crippen molar-refractivity contribution in [3.05, 3.63) is 59.5 Å². The smallest absolute Gasteiger partial charge is 0.368 e. The lowest BCUT2D eigenvalue weighted by atomic mass is 10.1. The zero-order chi connectivity index (χ0) is 16.3. The van der Waals surface area contributed by atoms with Gasteiger partial charge in [0.25, 0.3) is 0 Å². The Balaban J connectivity index is 2.21. The van der Waals surface area contributed by atoms with E-state index in [1.54, 1.807) is 0 Å². The van der Waals surface area contributed by atoms with Crippen LogP contribution in [0.15, 0.2) is 42.6 Å². The van der Waals surface area contributed by atoms with E-state index < -0.39 is 29.5 Å². The second-order valence-corrected chi connectivity index (χ2v) is 4.46. The minimum Gasteiger partial charge on any atom is -0.368 e. The summed E-state index contributed by atoms with van der Waals surface area (Å²) in [7, 11) is 0. The predicted octanol–water partition coefficient (Wildman–Crippen LogP) is 2.88. The number of rotatable bonds is 4. The molecule has 3 N–H and O–H groups in total. The van der Waals surface area contributed by atoms with Crippen LogP contribution in [0.1, 0.15) is 17.2 Å². The zero-order valence-electron chi connectivity index (χ0n) is 11.1. The van der Waals surface area contributed by atoms with Crippen molar-refractivity contribution < 1.29 is 22.4 Å². The van der Waals surface area contributed by atoms with E-state index in [1.807, 2.05) is 0 Å². The predicted molar refractivity (Wildman–Crippen MR) is 71.2 cm³/mol. The minimum absolute atomic E-state index is 0.0427. The van der Waals surface area contributed by atoms with Gasteiger partial charge in [0.1, 0.15) is 17.7 Å². The Morgan fingerprint density at radius 2 is 1.77 bits per heavy atom. The molecule has 0 bridgehead atoms. The topological polar surface area (TPSA) is 68.0 Å². The minimum atomic E-state index is -4.49. The van der Waals surface area contributed by atoms with E-state index in [9.17, 15) is 22.4 Å². The molecule has 0 saturated heterocycles. The fraction of sp³-hybridized carbons (Fsp3) is 0.143. The highest BCUT2D eigenvalue weighted by Crippen LogP contribution is 2.29. The molecule has 1 heterocycles. The highest BCUT2D eigenvalue weighted by molar-refractivity contribution is 5.84. The number of pyridine rings is 1. The number of hydrogen-bond acceptors (Lipinski definition) is 3. The van der Waals surface area contributed by atoms with E-state index in [0.29, 0.717) is 11.8 Å². The molecule has 0 unspecified atom stereocenters. The van der Waals surface area contributed by atoms with Gasteiger partial charge in [0.2, 0.25) is 5.91 Å². The van der Waals surface area contributed by atoms with Crippen molar-refractivity contribution in [3.63, 3.8) is 0 Å². The average molecular weight is 313 g/mol. The summed E-state index contributed by atoms with van der Waals surface area (Å²) in [6.07, 6.45) is -3.85. The normalized spacial score (nSPS) is 12.7. The van der Waals surface area contributed by atoms with Crippen LogP contribution in [0.25, 0.3) is 0 Å². The van der Waals surface area contributed by atoms with Crippen molar-refractivity contribution in [2.24, 2.45) is 5.73 Å². The summed E-state index contributed by atoms with van der Waals surface area (Å²) in [5.41, 5.74) is 4.71. The van der Waals surface area contributed by atoms with Gasteiger partial charge in [-0.25, -0.2) is 9.37 Å². The van der Waals surface area contributed by atoms with E-state index >= 15 is 0 Å². The van der Waals surface area contributed by atoms with Gasteiger partial charge in [-0.2, -0.15) is 13.2 Å². The number of benzene rings is 1. The molecule has 0 aliphatic rings. The van der Waals surface area contributed by atoms with Crippen LogP contribution in [0, 0.1) is 5.82 Å². The Bertz CT molecular complexity index is 653. The van der Waals surface area contributed by atoms with Gasteiger partial charge >= 0.3 is 6.18 Å². The number of anilines is 1. The van der Waals surface area contributed by atoms with Gasteiger partial charge in [-0.3, -0.25) is 4.79 Å². The largest absolute Gasteiger partial charge is 0.417 e. The summed E-state index contributed by atoms with van der Waals surface area (Å²) in [6.45, 7) is 0. The Morgan fingerprint density at radius 1 is 1.14 bits per heavy atom. The Labute approximate surface area is 123 Å². The van der Waals surface area contributed by atoms with Crippen LogP contribution in [0.3, 0.4) is 0 Å². The van der Waals surface area contributed by atoms with Crippen LogP contribution < -0.4 is 11.1 Å². The van der Waals surface area contributed by atoms with Gasteiger partial charge in [0.05, 0.1) is 5.56 Å². The van der Waals surface area contributed by atoms with Gasteiger partial charge in [-0.15, -0.1) is 0 Å². The lowest BCUT2D eigenvalue weighted by molar-refractivity contribution is -0.137. The first-order chi connectivity index (χ1) is 10.3. The number of nitrogens with one attached hydrogen (secondary N) is 1. The number of halogens is 4. The number of nitrogens with zero attached hydrogens (tertiary/aromatic N) is 1. The maximum Gasteiger partial charge on any atom is 0.417 e. The van der Waals surface area contributed by atoms with Crippen molar-refractivity contribution in [2.75, 3.05) is 5.32 Å². The van der Waals surface area contributed by atoms with E-state index in [-0.39, 0.29) is 5.82 Å². The van der Waals surface area contributed by atoms with Gasteiger partial charge in [-0.05, 0) is 29.8 Å². The van der Waals surface area contributed by atoms with Crippen LogP contribution in [0.2, 0.25) is 0 Å². The van der Waals surface area contributed by atoms with Crippen molar-refractivity contribution in [1.29, 1.82) is 0 Å². The molecule has 0 aliphatic heterocycles. The van der Waals surface area contributed by atoms with Crippen molar-refractivity contribution in [2.45, 2.75) is 12.2 Å². The molecule has 2 rings (SSSR count).